The molecule has 0 aliphatic heterocycles. The summed E-state index contributed by atoms with van der Waals surface area (Å²) in [7, 11) is 1.66. The van der Waals surface area contributed by atoms with E-state index < -0.39 is 36.8 Å². The van der Waals surface area contributed by atoms with Crippen molar-refractivity contribution in [2.24, 2.45) is 5.92 Å². The van der Waals surface area contributed by atoms with Crippen LogP contribution < -0.4 is 0 Å². The average molecular weight is 406 g/mol. The van der Waals surface area contributed by atoms with Crippen molar-refractivity contribution in [3.8, 4) is 0 Å². The summed E-state index contributed by atoms with van der Waals surface area (Å²) in [5, 5.41) is 9.06. The van der Waals surface area contributed by atoms with Crippen LogP contribution in [-0.4, -0.2) is 36.9 Å². The maximum atomic E-state index is 12.8. The van der Waals surface area contributed by atoms with Crippen molar-refractivity contribution < 1.29 is 36.6 Å². The van der Waals surface area contributed by atoms with Crippen LogP contribution in [0.5, 0.6) is 0 Å². The molecule has 0 aromatic heterocycles. The smallest absolute Gasteiger partial charge is 0.453 e. The molecule has 0 aliphatic rings. The van der Waals surface area contributed by atoms with Gasteiger partial charge in [0, 0.05) is 20.1 Å². The summed E-state index contributed by atoms with van der Waals surface area (Å²) >= 11 is 0. The Balaban J connectivity index is 0. The van der Waals surface area contributed by atoms with Gasteiger partial charge in [0.2, 0.25) is 0 Å². The van der Waals surface area contributed by atoms with E-state index in [9.17, 15) is 26.7 Å². The Bertz CT molecular complexity index is 360. The number of halogens is 5. The van der Waals surface area contributed by atoms with Crippen LogP contribution in [0, 0.1) is 5.92 Å². The lowest BCUT2D eigenvalue weighted by atomic mass is 9.94. The highest BCUT2D eigenvalue weighted by atomic mass is 19.4. The molecule has 0 radical (unpaired) electrons. The van der Waals surface area contributed by atoms with E-state index in [0.29, 0.717) is 12.8 Å². The molecule has 1 atom stereocenters. The van der Waals surface area contributed by atoms with Gasteiger partial charge in [-0.15, -0.1) is 0 Å². The normalized spacial score (nSPS) is 13.0. The van der Waals surface area contributed by atoms with E-state index in [2.05, 4.69) is 0 Å². The van der Waals surface area contributed by atoms with Crippen molar-refractivity contribution in [2.75, 3.05) is 13.7 Å². The first-order valence-electron chi connectivity index (χ1n) is 9.78. The highest BCUT2D eigenvalue weighted by Gasteiger charge is 2.56. The molecule has 0 amide bonds. The molecule has 1 N–H and O–H groups in total. The van der Waals surface area contributed by atoms with E-state index >= 15 is 0 Å². The van der Waals surface area contributed by atoms with Crippen LogP contribution in [0.4, 0.5) is 22.0 Å². The number of alkyl halides is 5. The minimum absolute atomic E-state index is 0.155. The maximum Gasteiger partial charge on any atom is 0.453 e. The molecule has 0 aromatic rings. The number of aliphatic carboxylic acids is 1. The van der Waals surface area contributed by atoms with Crippen molar-refractivity contribution in [1.82, 2.24) is 0 Å². The number of carboxylic acids is 1. The molecule has 0 bridgehead atoms. The Morgan fingerprint density at radius 3 is 1.74 bits per heavy atom. The second kappa shape index (κ2) is 16.1. The molecular formula is C19H35F5O3. The van der Waals surface area contributed by atoms with Crippen LogP contribution in [0.3, 0.4) is 0 Å². The minimum Gasteiger partial charge on any atom is -0.481 e. The number of rotatable bonds is 15. The predicted octanol–water partition coefficient (Wildman–Crippen LogP) is 6.85. The molecule has 0 aromatic carbocycles. The van der Waals surface area contributed by atoms with E-state index in [1.165, 1.54) is 0 Å². The van der Waals surface area contributed by atoms with Gasteiger partial charge in [0.25, 0.3) is 0 Å². The number of hydrogen-bond donors (Lipinski definition) is 1. The highest BCUT2D eigenvalue weighted by molar-refractivity contribution is 5.69. The number of ether oxygens (including phenoxy) is 1. The SMILES string of the molecule is CC.COCCCCCCCCCC(CCCC(F)(F)C(F)(F)F)C(=O)O. The topological polar surface area (TPSA) is 46.5 Å². The van der Waals surface area contributed by atoms with Crippen LogP contribution in [0.1, 0.15) is 84.5 Å². The van der Waals surface area contributed by atoms with Gasteiger partial charge in [0.15, 0.2) is 0 Å². The second-order valence-corrected chi connectivity index (χ2v) is 6.39. The Kier molecular flexibility index (Phi) is 16.8. The van der Waals surface area contributed by atoms with Crippen LogP contribution in [0.25, 0.3) is 0 Å². The standard InChI is InChI=1S/C17H29F5O3.C2H6/c1-25-13-8-6-4-2-3-5-7-10-14(15(23)24)11-9-12-16(18,19)17(20,21)22;1-2/h14H,2-13H2,1H3,(H,23,24);1-2H3. The molecule has 0 heterocycles. The van der Waals surface area contributed by atoms with E-state index in [1.54, 1.807) is 7.11 Å². The van der Waals surface area contributed by atoms with E-state index in [4.69, 9.17) is 9.84 Å². The molecule has 1 unspecified atom stereocenters. The van der Waals surface area contributed by atoms with Crippen molar-refractivity contribution >= 4 is 5.97 Å². The lowest BCUT2D eigenvalue weighted by Crippen LogP contribution is -2.36. The monoisotopic (exact) mass is 406 g/mol. The van der Waals surface area contributed by atoms with Crippen LogP contribution in [0.2, 0.25) is 0 Å². The first-order valence-corrected chi connectivity index (χ1v) is 9.78. The fourth-order valence-corrected chi connectivity index (χ4v) is 2.62. The summed E-state index contributed by atoms with van der Waals surface area (Å²) in [6.07, 6.45) is -0.562. The van der Waals surface area contributed by atoms with Crippen LogP contribution >= 0.6 is 0 Å². The molecule has 0 saturated heterocycles. The summed E-state index contributed by atoms with van der Waals surface area (Å²) in [6, 6.07) is 0. The van der Waals surface area contributed by atoms with Gasteiger partial charge in [0.1, 0.15) is 0 Å². The number of carbonyl (C=O) groups is 1. The summed E-state index contributed by atoms with van der Waals surface area (Å²) in [4.78, 5) is 11.1. The van der Waals surface area contributed by atoms with E-state index in [1.807, 2.05) is 13.8 Å². The summed E-state index contributed by atoms with van der Waals surface area (Å²) < 4.78 is 66.7. The molecule has 0 aliphatic carbocycles. The third kappa shape index (κ3) is 14.8. The zero-order valence-electron chi connectivity index (χ0n) is 16.7. The highest BCUT2D eigenvalue weighted by Crippen LogP contribution is 2.39. The van der Waals surface area contributed by atoms with Crippen molar-refractivity contribution in [3.63, 3.8) is 0 Å². The number of carboxylic acid groups (broad SMARTS) is 1. The quantitative estimate of drug-likeness (QED) is 0.239. The van der Waals surface area contributed by atoms with Crippen LogP contribution in [0.15, 0.2) is 0 Å². The molecule has 0 rings (SSSR count). The molecule has 27 heavy (non-hydrogen) atoms. The lowest BCUT2D eigenvalue weighted by molar-refractivity contribution is -0.284. The maximum absolute atomic E-state index is 12.8. The van der Waals surface area contributed by atoms with Gasteiger partial charge < -0.3 is 9.84 Å². The molecule has 3 nitrogen and oxygen atoms in total. The molecule has 8 heteroatoms. The average Bonchev–Trinajstić information content (AvgIpc) is 2.59. The molecule has 164 valence electrons. The van der Waals surface area contributed by atoms with Gasteiger partial charge in [-0.25, -0.2) is 0 Å². The molecule has 0 fully saturated rings. The Morgan fingerprint density at radius 2 is 1.30 bits per heavy atom. The van der Waals surface area contributed by atoms with Gasteiger partial charge in [-0.05, 0) is 25.7 Å². The first kappa shape index (κ1) is 28.3. The Hall–Kier alpha value is -0.920. The van der Waals surface area contributed by atoms with Gasteiger partial charge in [-0.1, -0.05) is 52.4 Å². The summed E-state index contributed by atoms with van der Waals surface area (Å²) in [6.45, 7) is 4.74. The van der Waals surface area contributed by atoms with Gasteiger partial charge in [-0.2, -0.15) is 22.0 Å². The Labute approximate surface area is 159 Å². The number of unbranched alkanes of at least 4 members (excludes halogenated alkanes) is 6. The zero-order chi connectivity index (χ0) is 21.3. The van der Waals surface area contributed by atoms with E-state index in [-0.39, 0.29) is 6.42 Å². The molecular weight excluding hydrogens is 371 g/mol. The zero-order valence-corrected chi connectivity index (χ0v) is 16.7. The largest absolute Gasteiger partial charge is 0.481 e. The number of methoxy groups -OCH3 is 1. The van der Waals surface area contributed by atoms with Gasteiger partial charge >= 0.3 is 18.1 Å². The van der Waals surface area contributed by atoms with E-state index in [0.717, 1.165) is 45.1 Å². The fourth-order valence-electron chi connectivity index (χ4n) is 2.62. The fraction of sp³-hybridized carbons (Fsp3) is 0.947. The first-order chi connectivity index (χ1) is 12.6. The van der Waals surface area contributed by atoms with Gasteiger partial charge in [-0.3, -0.25) is 4.79 Å². The number of hydrogen-bond acceptors (Lipinski definition) is 2. The molecule has 0 spiro atoms. The van der Waals surface area contributed by atoms with Gasteiger partial charge in [0.05, 0.1) is 5.92 Å². The molecule has 0 saturated carbocycles. The minimum atomic E-state index is -5.57. The third-order valence-corrected chi connectivity index (χ3v) is 4.21. The van der Waals surface area contributed by atoms with Crippen molar-refractivity contribution in [2.45, 2.75) is 96.6 Å². The third-order valence-electron chi connectivity index (χ3n) is 4.21. The van der Waals surface area contributed by atoms with Crippen LogP contribution in [-0.2, 0) is 9.53 Å². The Morgan fingerprint density at radius 1 is 0.852 bits per heavy atom. The van der Waals surface area contributed by atoms with Crippen molar-refractivity contribution in [3.05, 3.63) is 0 Å². The summed E-state index contributed by atoms with van der Waals surface area (Å²) in [5.74, 6) is -6.74. The predicted molar refractivity (Wildman–Crippen MR) is 96.1 cm³/mol. The second-order valence-electron chi connectivity index (χ2n) is 6.39. The summed E-state index contributed by atoms with van der Waals surface area (Å²) in [5.41, 5.74) is 0. The van der Waals surface area contributed by atoms with Crippen molar-refractivity contribution in [1.29, 1.82) is 0 Å². The lowest BCUT2D eigenvalue weighted by Gasteiger charge is -2.20.